The van der Waals surface area contributed by atoms with Crippen molar-refractivity contribution in [1.29, 1.82) is 0 Å². The second-order valence-electron chi connectivity index (χ2n) is 8.04. The van der Waals surface area contributed by atoms with Crippen molar-refractivity contribution in [3.8, 4) is 0 Å². The zero-order chi connectivity index (χ0) is 23.3. The maximum atomic E-state index is 13.4. The van der Waals surface area contributed by atoms with E-state index in [1.807, 2.05) is 0 Å². The van der Waals surface area contributed by atoms with Gasteiger partial charge in [-0.15, -0.1) is 0 Å². The number of carbonyl (C=O) groups is 1. The van der Waals surface area contributed by atoms with E-state index >= 15 is 0 Å². The fraction of sp³-hybridized carbons (Fsp3) is 0.409. The van der Waals surface area contributed by atoms with Gasteiger partial charge in [0.15, 0.2) is 0 Å². The van der Waals surface area contributed by atoms with Crippen molar-refractivity contribution in [2.75, 3.05) is 31.1 Å². The molecule has 0 bridgehead atoms. The van der Waals surface area contributed by atoms with Crippen molar-refractivity contribution >= 4 is 23.2 Å². The Labute approximate surface area is 185 Å². The lowest BCUT2D eigenvalue weighted by Crippen LogP contribution is -2.49. The average molecular weight is 477 g/mol. The zero-order valence-corrected chi connectivity index (χ0v) is 17.4. The van der Waals surface area contributed by atoms with Gasteiger partial charge in [-0.25, -0.2) is 0 Å². The normalized spacial score (nSPS) is 21.6. The maximum Gasteiger partial charge on any atom is 0.418 e. The van der Waals surface area contributed by atoms with Crippen molar-refractivity contribution in [2.45, 2.75) is 24.7 Å². The average Bonchev–Trinajstić information content (AvgIpc) is 3.53. The van der Waals surface area contributed by atoms with Crippen LogP contribution in [0.4, 0.5) is 32.0 Å². The number of anilines is 1. The van der Waals surface area contributed by atoms with Crippen LogP contribution in [-0.4, -0.2) is 37.0 Å². The van der Waals surface area contributed by atoms with Gasteiger partial charge in [-0.3, -0.25) is 4.79 Å². The molecular formula is C22H19ClF6N2O. The highest BCUT2D eigenvalue weighted by molar-refractivity contribution is 6.30. The van der Waals surface area contributed by atoms with Crippen LogP contribution in [0.15, 0.2) is 42.5 Å². The Morgan fingerprint density at radius 1 is 0.906 bits per heavy atom. The first kappa shape index (κ1) is 22.8. The van der Waals surface area contributed by atoms with Crippen molar-refractivity contribution in [1.82, 2.24) is 4.90 Å². The monoisotopic (exact) mass is 476 g/mol. The number of alkyl halides is 6. The summed E-state index contributed by atoms with van der Waals surface area (Å²) in [4.78, 5) is 16.0. The fourth-order valence-corrected chi connectivity index (χ4v) is 4.36. The predicted octanol–water partition coefficient (Wildman–Crippen LogP) is 5.83. The van der Waals surface area contributed by atoms with E-state index in [0.717, 1.165) is 18.2 Å². The summed E-state index contributed by atoms with van der Waals surface area (Å²) in [5, 5.41) is 0.188. The summed E-state index contributed by atoms with van der Waals surface area (Å²) >= 11 is 5.90. The first-order valence-corrected chi connectivity index (χ1v) is 10.4. The van der Waals surface area contributed by atoms with Crippen LogP contribution >= 0.6 is 11.6 Å². The fourth-order valence-electron chi connectivity index (χ4n) is 4.19. The SMILES string of the molecule is O=C([C@H]1C[C@H]1c1cccc(C(F)(F)F)c1)N1CCN(c2cc(Cl)ccc2C(F)(F)F)CC1. The van der Waals surface area contributed by atoms with E-state index in [0.29, 0.717) is 12.0 Å². The summed E-state index contributed by atoms with van der Waals surface area (Å²) in [6.07, 6.45) is -8.51. The third-order valence-corrected chi connectivity index (χ3v) is 6.18. The van der Waals surface area contributed by atoms with E-state index in [1.165, 1.54) is 18.2 Å². The minimum Gasteiger partial charge on any atom is -0.367 e. The molecule has 3 nitrogen and oxygen atoms in total. The summed E-state index contributed by atoms with van der Waals surface area (Å²) in [5.74, 6) is -0.844. The molecule has 2 fully saturated rings. The molecule has 2 aliphatic rings. The van der Waals surface area contributed by atoms with Crippen LogP contribution in [0.5, 0.6) is 0 Å². The van der Waals surface area contributed by atoms with Gasteiger partial charge in [-0.2, -0.15) is 26.3 Å². The third-order valence-electron chi connectivity index (χ3n) is 5.95. The molecule has 172 valence electrons. The van der Waals surface area contributed by atoms with Crippen LogP contribution in [0.25, 0.3) is 0 Å². The van der Waals surface area contributed by atoms with Crippen molar-refractivity contribution < 1.29 is 31.1 Å². The molecule has 4 rings (SSSR count). The van der Waals surface area contributed by atoms with Crippen LogP contribution in [0.3, 0.4) is 0 Å². The van der Waals surface area contributed by atoms with Gasteiger partial charge in [-0.05, 0) is 42.2 Å². The number of piperazine rings is 1. The minimum absolute atomic E-state index is 0.0228. The molecule has 0 radical (unpaired) electrons. The standard InChI is InChI=1S/C22H19ClF6N2O/c23-15-4-5-18(22(27,28)29)19(11-15)30-6-8-31(9-7-30)20(32)17-12-16(17)13-2-1-3-14(10-13)21(24,25)26/h1-5,10-11,16-17H,6-9,12H2/t16-,17-/m0/s1. The van der Waals surface area contributed by atoms with E-state index in [2.05, 4.69) is 0 Å². The number of hydrogen-bond acceptors (Lipinski definition) is 2. The molecule has 1 saturated heterocycles. The lowest BCUT2D eigenvalue weighted by molar-refractivity contribution is -0.138. The number of nitrogens with zero attached hydrogens (tertiary/aromatic N) is 2. The summed E-state index contributed by atoms with van der Waals surface area (Å²) < 4.78 is 78.9. The van der Waals surface area contributed by atoms with Gasteiger partial charge in [0, 0.05) is 37.1 Å². The van der Waals surface area contributed by atoms with Crippen LogP contribution in [0.1, 0.15) is 29.0 Å². The van der Waals surface area contributed by atoms with E-state index in [1.54, 1.807) is 15.9 Å². The van der Waals surface area contributed by atoms with Gasteiger partial charge in [0.25, 0.3) is 0 Å². The van der Waals surface area contributed by atoms with Gasteiger partial charge in [0.2, 0.25) is 5.91 Å². The highest BCUT2D eigenvalue weighted by Gasteiger charge is 2.47. The first-order valence-electron chi connectivity index (χ1n) is 10.0. The molecule has 0 spiro atoms. The Bertz CT molecular complexity index is 1010. The second-order valence-corrected chi connectivity index (χ2v) is 8.48. The molecule has 10 heteroatoms. The molecular weight excluding hydrogens is 458 g/mol. The Kier molecular flexibility index (Phi) is 5.81. The maximum absolute atomic E-state index is 13.4. The molecule has 1 saturated carbocycles. The van der Waals surface area contributed by atoms with Gasteiger partial charge >= 0.3 is 12.4 Å². The molecule has 2 atom stereocenters. The number of benzene rings is 2. The number of rotatable bonds is 3. The topological polar surface area (TPSA) is 23.6 Å². The lowest BCUT2D eigenvalue weighted by atomic mass is 10.0. The van der Waals surface area contributed by atoms with Crippen molar-refractivity contribution in [3.63, 3.8) is 0 Å². The Hall–Kier alpha value is -2.42. The molecule has 1 heterocycles. The molecule has 1 aliphatic carbocycles. The summed E-state index contributed by atoms with van der Waals surface area (Å²) in [6, 6.07) is 8.39. The Morgan fingerprint density at radius 3 is 2.22 bits per heavy atom. The number of hydrogen-bond donors (Lipinski definition) is 0. The molecule has 2 aromatic carbocycles. The first-order chi connectivity index (χ1) is 14.9. The molecule has 32 heavy (non-hydrogen) atoms. The molecule has 0 N–H and O–H groups in total. The van der Waals surface area contributed by atoms with Crippen LogP contribution in [0.2, 0.25) is 5.02 Å². The molecule has 0 aromatic heterocycles. The Morgan fingerprint density at radius 2 is 1.59 bits per heavy atom. The largest absolute Gasteiger partial charge is 0.418 e. The van der Waals surface area contributed by atoms with Crippen molar-refractivity contribution in [2.24, 2.45) is 5.92 Å². The number of halogens is 7. The summed E-state index contributed by atoms with van der Waals surface area (Å²) in [6.45, 7) is 0.870. The molecule has 2 aromatic rings. The van der Waals surface area contributed by atoms with Gasteiger partial charge in [0.05, 0.1) is 16.8 Å². The number of amides is 1. The molecule has 0 unspecified atom stereocenters. The van der Waals surface area contributed by atoms with E-state index < -0.39 is 29.4 Å². The summed E-state index contributed by atoms with van der Waals surface area (Å²) in [5.41, 5.74) is -1.08. The van der Waals surface area contributed by atoms with Gasteiger partial charge in [-0.1, -0.05) is 29.8 Å². The molecule has 1 amide bonds. The highest BCUT2D eigenvalue weighted by Crippen LogP contribution is 2.49. The zero-order valence-electron chi connectivity index (χ0n) is 16.7. The van der Waals surface area contributed by atoms with Crippen LogP contribution in [0, 0.1) is 5.92 Å². The highest BCUT2D eigenvalue weighted by atomic mass is 35.5. The quantitative estimate of drug-likeness (QED) is 0.520. The van der Waals surface area contributed by atoms with Crippen LogP contribution < -0.4 is 4.90 Å². The van der Waals surface area contributed by atoms with E-state index in [9.17, 15) is 31.1 Å². The lowest BCUT2D eigenvalue weighted by Gasteiger charge is -2.37. The second kappa shape index (κ2) is 8.17. The smallest absolute Gasteiger partial charge is 0.367 e. The van der Waals surface area contributed by atoms with E-state index in [-0.39, 0.29) is 48.7 Å². The minimum atomic E-state index is -4.53. The third kappa shape index (κ3) is 4.67. The van der Waals surface area contributed by atoms with E-state index in [4.69, 9.17) is 11.6 Å². The molecule has 1 aliphatic heterocycles. The van der Waals surface area contributed by atoms with Crippen LogP contribution in [-0.2, 0) is 17.1 Å². The Balaban J connectivity index is 1.40. The number of carbonyl (C=O) groups excluding carboxylic acids is 1. The van der Waals surface area contributed by atoms with Crippen molar-refractivity contribution in [3.05, 3.63) is 64.2 Å². The van der Waals surface area contributed by atoms with Gasteiger partial charge in [0.1, 0.15) is 0 Å². The summed E-state index contributed by atoms with van der Waals surface area (Å²) in [7, 11) is 0. The predicted molar refractivity (Wildman–Crippen MR) is 108 cm³/mol. The van der Waals surface area contributed by atoms with Gasteiger partial charge < -0.3 is 9.80 Å².